The summed E-state index contributed by atoms with van der Waals surface area (Å²) < 4.78 is 33.3. The molecule has 3 aromatic rings. The van der Waals surface area contributed by atoms with Gasteiger partial charge in [0.05, 0.1) is 29.8 Å². The third-order valence-corrected chi connectivity index (χ3v) is 7.24. The smallest absolute Gasteiger partial charge is 0.339 e. The van der Waals surface area contributed by atoms with E-state index < -0.39 is 28.4 Å². The van der Waals surface area contributed by atoms with Crippen molar-refractivity contribution >= 4 is 55.1 Å². The van der Waals surface area contributed by atoms with E-state index in [1.807, 2.05) is 0 Å². The molecule has 3 rings (SSSR count). The number of esters is 1. The number of carbonyl (C=O) groups is 2. The second kappa shape index (κ2) is 10.9. The minimum atomic E-state index is -4.03. The zero-order chi connectivity index (χ0) is 24.0. The number of nitrogens with one attached hydrogen (secondary N) is 1. The number of halogens is 2. The van der Waals surface area contributed by atoms with Crippen molar-refractivity contribution < 1.29 is 22.7 Å². The van der Waals surface area contributed by atoms with Crippen LogP contribution in [0, 0.1) is 0 Å². The summed E-state index contributed by atoms with van der Waals surface area (Å²) in [7, 11) is -2.80. The second-order valence-electron chi connectivity index (χ2n) is 6.94. The predicted octanol–water partition coefficient (Wildman–Crippen LogP) is 4.72. The van der Waals surface area contributed by atoms with Gasteiger partial charge in [-0.15, -0.1) is 0 Å². The van der Waals surface area contributed by atoms with E-state index in [0.29, 0.717) is 10.6 Å². The Bertz CT molecular complexity index is 1250. The van der Waals surface area contributed by atoms with Gasteiger partial charge in [-0.25, -0.2) is 13.2 Å². The summed E-state index contributed by atoms with van der Waals surface area (Å²) in [6, 6.07) is 19.1. The Morgan fingerprint density at radius 3 is 2.27 bits per heavy atom. The molecule has 3 aromatic carbocycles. The van der Waals surface area contributed by atoms with Gasteiger partial charge in [0.2, 0.25) is 15.9 Å². The van der Waals surface area contributed by atoms with E-state index in [1.54, 1.807) is 36.4 Å². The largest absolute Gasteiger partial charge is 0.465 e. The molecule has 1 amide bonds. The summed E-state index contributed by atoms with van der Waals surface area (Å²) in [4.78, 5) is 24.9. The van der Waals surface area contributed by atoms with Crippen LogP contribution in [0.1, 0.15) is 15.9 Å². The van der Waals surface area contributed by atoms with Gasteiger partial charge in [0.25, 0.3) is 0 Å². The molecular formula is C23H20BrClN2O5S. The van der Waals surface area contributed by atoms with Crippen molar-refractivity contribution in [1.29, 1.82) is 0 Å². The molecule has 0 radical (unpaired) electrons. The number of anilines is 1. The van der Waals surface area contributed by atoms with Crippen molar-refractivity contribution in [2.45, 2.75) is 11.4 Å². The highest BCUT2D eigenvalue weighted by atomic mass is 79.9. The Kier molecular flexibility index (Phi) is 8.25. The quantitative estimate of drug-likeness (QED) is 0.409. The number of sulfonamides is 1. The Morgan fingerprint density at radius 1 is 1.00 bits per heavy atom. The van der Waals surface area contributed by atoms with E-state index >= 15 is 0 Å². The van der Waals surface area contributed by atoms with E-state index in [2.05, 4.69) is 21.2 Å². The molecule has 0 aliphatic rings. The van der Waals surface area contributed by atoms with Gasteiger partial charge in [-0.05, 0) is 54.1 Å². The zero-order valence-corrected chi connectivity index (χ0v) is 20.7. The highest BCUT2D eigenvalue weighted by molar-refractivity contribution is 9.10. The monoisotopic (exact) mass is 550 g/mol. The molecular weight excluding hydrogens is 532 g/mol. The van der Waals surface area contributed by atoms with Crippen LogP contribution in [-0.2, 0) is 26.1 Å². The van der Waals surface area contributed by atoms with Gasteiger partial charge >= 0.3 is 5.97 Å². The molecule has 0 atom stereocenters. The van der Waals surface area contributed by atoms with Gasteiger partial charge in [-0.3, -0.25) is 4.79 Å². The molecule has 7 nitrogen and oxygen atoms in total. The summed E-state index contributed by atoms with van der Waals surface area (Å²) in [5, 5.41) is 3.00. The van der Waals surface area contributed by atoms with Crippen LogP contribution >= 0.6 is 27.5 Å². The fourth-order valence-electron chi connectivity index (χ4n) is 3.00. The first kappa shape index (κ1) is 24.9. The van der Waals surface area contributed by atoms with Crippen LogP contribution < -0.4 is 5.32 Å². The third-order valence-electron chi connectivity index (χ3n) is 4.65. The summed E-state index contributed by atoms with van der Waals surface area (Å²) in [6.07, 6.45) is 0. The SMILES string of the molecule is COC(=O)c1ccccc1NC(=O)CN(Cc1ccc(Br)cc1)S(=O)(=O)c1ccc(Cl)cc1. The molecule has 0 saturated carbocycles. The minimum absolute atomic E-state index is 0.00627. The minimum Gasteiger partial charge on any atom is -0.465 e. The third kappa shape index (κ3) is 6.42. The average molecular weight is 552 g/mol. The van der Waals surface area contributed by atoms with Gasteiger partial charge in [-0.1, -0.05) is 51.8 Å². The van der Waals surface area contributed by atoms with Gasteiger partial charge < -0.3 is 10.1 Å². The second-order valence-corrected chi connectivity index (χ2v) is 10.2. The summed E-state index contributed by atoms with van der Waals surface area (Å²) in [5.41, 5.74) is 1.08. The maximum atomic E-state index is 13.3. The molecule has 0 heterocycles. The molecule has 172 valence electrons. The lowest BCUT2D eigenvalue weighted by Crippen LogP contribution is -2.37. The predicted molar refractivity (Wildman–Crippen MR) is 130 cm³/mol. The number of benzene rings is 3. The highest BCUT2D eigenvalue weighted by Gasteiger charge is 2.27. The lowest BCUT2D eigenvalue weighted by molar-refractivity contribution is -0.116. The Balaban J connectivity index is 1.89. The fourth-order valence-corrected chi connectivity index (χ4v) is 4.78. The summed E-state index contributed by atoms with van der Waals surface area (Å²) >= 11 is 9.25. The van der Waals surface area contributed by atoms with Crippen molar-refractivity contribution in [3.05, 3.63) is 93.4 Å². The van der Waals surface area contributed by atoms with Gasteiger partial charge in [0.1, 0.15) is 0 Å². The molecule has 0 fully saturated rings. The molecule has 33 heavy (non-hydrogen) atoms. The first-order chi connectivity index (χ1) is 15.7. The molecule has 0 spiro atoms. The number of methoxy groups -OCH3 is 1. The number of hydrogen-bond donors (Lipinski definition) is 1. The molecule has 1 N–H and O–H groups in total. The number of rotatable bonds is 8. The van der Waals surface area contributed by atoms with E-state index in [1.165, 1.54) is 43.5 Å². The normalized spacial score (nSPS) is 11.3. The lowest BCUT2D eigenvalue weighted by atomic mass is 10.2. The van der Waals surface area contributed by atoms with Gasteiger partial charge in [0, 0.05) is 16.0 Å². The standard InChI is InChI=1S/C23H20BrClN2O5S/c1-32-23(29)20-4-2-3-5-21(20)26-22(28)15-27(14-16-6-8-17(24)9-7-16)33(30,31)19-12-10-18(25)11-13-19/h2-13H,14-15H2,1H3,(H,26,28). The maximum absolute atomic E-state index is 13.3. The first-order valence-corrected chi connectivity index (χ1v) is 12.3. The number of hydrogen-bond acceptors (Lipinski definition) is 5. The van der Waals surface area contributed by atoms with E-state index in [-0.39, 0.29) is 22.7 Å². The van der Waals surface area contributed by atoms with Crippen LogP contribution in [0.3, 0.4) is 0 Å². The number of para-hydroxylation sites is 1. The first-order valence-electron chi connectivity index (χ1n) is 9.68. The maximum Gasteiger partial charge on any atom is 0.339 e. The molecule has 0 saturated heterocycles. The number of carbonyl (C=O) groups excluding carboxylic acids is 2. The van der Waals surface area contributed by atoms with Gasteiger partial charge in [-0.2, -0.15) is 4.31 Å². The van der Waals surface area contributed by atoms with Crippen molar-refractivity contribution in [2.75, 3.05) is 19.0 Å². The summed E-state index contributed by atoms with van der Waals surface area (Å²) in [6.45, 7) is -0.513. The van der Waals surface area contributed by atoms with Crippen molar-refractivity contribution in [3.8, 4) is 0 Å². The van der Waals surface area contributed by atoms with Crippen molar-refractivity contribution in [1.82, 2.24) is 4.31 Å². The highest BCUT2D eigenvalue weighted by Crippen LogP contribution is 2.22. The number of nitrogens with zero attached hydrogens (tertiary/aromatic N) is 1. The van der Waals surface area contributed by atoms with Crippen molar-refractivity contribution in [2.24, 2.45) is 0 Å². The van der Waals surface area contributed by atoms with E-state index in [0.717, 1.165) is 8.78 Å². The fraction of sp³-hybridized carbons (Fsp3) is 0.130. The number of ether oxygens (including phenoxy) is 1. The van der Waals surface area contributed by atoms with Crippen LogP contribution in [0.15, 0.2) is 82.2 Å². The van der Waals surface area contributed by atoms with Crippen LogP contribution in [-0.4, -0.2) is 38.3 Å². The molecule has 0 aliphatic heterocycles. The Morgan fingerprint density at radius 2 is 1.64 bits per heavy atom. The lowest BCUT2D eigenvalue weighted by Gasteiger charge is -2.22. The van der Waals surface area contributed by atoms with Crippen LogP contribution in [0.5, 0.6) is 0 Å². The topological polar surface area (TPSA) is 92.8 Å². The molecule has 0 aromatic heterocycles. The van der Waals surface area contributed by atoms with Crippen LogP contribution in [0.2, 0.25) is 5.02 Å². The molecule has 0 unspecified atom stereocenters. The average Bonchev–Trinajstić information content (AvgIpc) is 2.80. The molecule has 0 aliphatic carbocycles. The number of amides is 1. The van der Waals surface area contributed by atoms with E-state index in [9.17, 15) is 18.0 Å². The van der Waals surface area contributed by atoms with Crippen LogP contribution in [0.25, 0.3) is 0 Å². The zero-order valence-electron chi connectivity index (χ0n) is 17.5. The molecule has 0 bridgehead atoms. The Labute approximate surface area is 205 Å². The molecule has 10 heteroatoms. The van der Waals surface area contributed by atoms with Gasteiger partial charge in [0.15, 0.2) is 0 Å². The summed E-state index contributed by atoms with van der Waals surface area (Å²) in [5.74, 6) is -1.23. The Hall–Kier alpha value is -2.72. The van der Waals surface area contributed by atoms with Crippen LogP contribution in [0.4, 0.5) is 5.69 Å². The van der Waals surface area contributed by atoms with Crippen molar-refractivity contribution in [3.63, 3.8) is 0 Å². The van der Waals surface area contributed by atoms with E-state index in [4.69, 9.17) is 16.3 Å².